The summed E-state index contributed by atoms with van der Waals surface area (Å²) in [6.07, 6.45) is -4.59. The van der Waals surface area contributed by atoms with Crippen LogP contribution in [0, 0.1) is 10.1 Å². The molecule has 0 spiro atoms. The Morgan fingerprint density at radius 1 is 1.21 bits per heavy atom. The molecule has 0 aliphatic heterocycles. The van der Waals surface area contributed by atoms with Crippen LogP contribution in [0.2, 0.25) is 5.02 Å². The van der Waals surface area contributed by atoms with Crippen LogP contribution < -0.4 is 19.3 Å². The van der Waals surface area contributed by atoms with Crippen molar-refractivity contribution < 1.29 is 31.2 Å². The molecule has 158 valence electrons. The molecule has 14 heteroatoms. The molecule has 0 unspecified atom stereocenters. The highest BCUT2D eigenvalue weighted by Gasteiger charge is 2.31. The van der Waals surface area contributed by atoms with Gasteiger partial charge in [0.15, 0.2) is 0 Å². The zero-order valence-corrected chi connectivity index (χ0v) is 16.4. The van der Waals surface area contributed by atoms with E-state index in [-0.39, 0.29) is 22.2 Å². The smallest absolute Gasteiger partial charge is 0.416 e. The molecule has 0 aliphatic rings. The summed E-state index contributed by atoms with van der Waals surface area (Å²) >= 11 is 5.83. The molecule has 0 fully saturated rings. The normalized spacial score (nSPS) is 11.9. The minimum absolute atomic E-state index is 0.0252. The van der Waals surface area contributed by atoms with Gasteiger partial charge in [-0.1, -0.05) is 11.6 Å². The van der Waals surface area contributed by atoms with Gasteiger partial charge in [0, 0.05) is 26.2 Å². The predicted octanol–water partition coefficient (Wildman–Crippen LogP) is 3.46. The number of hydrogen-bond donors (Lipinski definition) is 2. The first-order valence-corrected chi connectivity index (χ1v) is 9.48. The lowest BCUT2D eigenvalue weighted by atomic mass is 10.2. The summed E-state index contributed by atoms with van der Waals surface area (Å²) in [6.45, 7) is 0. The lowest BCUT2D eigenvalue weighted by molar-refractivity contribution is -0.384. The number of anilines is 1. The molecular formula is C15H14ClF3N4O5S. The second kappa shape index (κ2) is 8.41. The highest BCUT2D eigenvalue weighted by Crippen LogP contribution is 2.38. The molecule has 0 amide bonds. The number of hydrazine groups is 1. The van der Waals surface area contributed by atoms with Gasteiger partial charge < -0.3 is 4.74 Å². The minimum Gasteiger partial charge on any atom is -0.456 e. The first kappa shape index (κ1) is 22.7. The van der Waals surface area contributed by atoms with E-state index < -0.39 is 32.6 Å². The molecule has 0 atom stereocenters. The second-order valence-corrected chi connectivity index (χ2v) is 7.52. The van der Waals surface area contributed by atoms with Gasteiger partial charge in [0.05, 0.1) is 15.5 Å². The summed E-state index contributed by atoms with van der Waals surface area (Å²) < 4.78 is 68.8. The Hall–Kier alpha value is -2.61. The topological polar surface area (TPSA) is 114 Å². The van der Waals surface area contributed by atoms with Gasteiger partial charge in [0.2, 0.25) is 0 Å². The summed E-state index contributed by atoms with van der Waals surface area (Å²) in [5.74, 6) is -0.152. The Kier molecular flexibility index (Phi) is 6.57. The van der Waals surface area contributed by atoms with Crippen molar-refractivity contribution in [3.8, 4) is 11.5 Å². The molecule has 2 rings (SSSR count). The molecule has 9 nitrogen and oxygen atoms in total. The first-order valence-electron chi connectivity index (χ1n) is 7.62. The molecular weight excluding hydrogens is 441 g/mol. The van der Waals surface area contributed by atoms with E-state index in [0.717, 1.165) is 36.3 Å². The van der Waals surface area contributed by atoms with E-state index in [0.29, 0.717) is 6.07 Å². The lowest BCUT2D eigenvalue weighted by Gasteiger charge is -2.20. The predicted molar refractivity (Wildman–Crippen MR) is 99.1 cm³/mol. The lowest BCUT2D eigenvalue weighted by Crippen LogP contribution is -2.44. The van der Waals surface area contributed by atoms with Crippen LogP contribution in [0.15, 0.2) is 36.4 Å². The summed E-state index contributed by atoms with van der Waals surface area (Å²) in [5.41, 5.74) is -1.60. The van der Waals surface area contributed by atoms with Crippen LogP contribution >= 0.6 is 11.6 Å². The van der Waals surface area contributed by atoms with Gasteiger partial charge in [0.25, 0.3) is 15.9 Å². The fraction of sp³-hybridized carbons (Fsp3) is 0.200. The van der Waals surface area contributed by atoms with Crippen LogP contribution in [-0.4, -0.2) is 27.4 Å². The number of nitro benzene ring substituents is 1. The van der Waals surface area contributed by atoms with E-state index in [2.05, 4.69) is 0 Å². The van der Waals surface area contributed by atoms with Gasteiger partial charge in [-0.25, -0.2) is 4.72 Å². The average molecular weight is 455 g/mol. The maximum Gasteiger partial charge on any atom is 0.416 e. The quantitative estimate of drug-likeness (QED) is 0.489. The van der Waals surface area contributed by atoms with Crippen molar-refractivity contribution in [1.82, 2.24) is 9.55 Å². The van der Waals surface area contributed by atoms with Gasteiger partial charge in [-0.2, -0.15) is 21.6 Å². The fourth-order valence-electron chi connectivity index (χ4n) is 2.15. The molecule has 2 aromatic rings. The van der Waals surface area contributed by atoms with E-state index in [1.54, 1.807) is 0 Å². The Morgan fingerprint density at radius 2 is 1.86 bits per heavy atom. The summed E-state index contributed by atoms with van der Waals surface area (Å²) in [7, 11) is -1.62. The van der Waals surface area contributed by atoms with Crippen LogP contribution in [0.25, 0.3) is 0 Å². The number of alkyl halides is 3. The molecule has 2 N–H and O–H groups in total. The molecule has 0 radical (unpaired) electrons. The van der Waals surface area contributed by atoms with Crippen molar-refractivity contribution in [3.63, 3.8) is 0 Å². The van der Waals surface area contributed by atoms with Gasteiger partial charge >= 0.3 is 6.18 Å². The number of halogens is 4. The van der Waals surface area contributed by atoms with E-state index in [4.69, 9.17) is 16.3 Å². The van der Waals surface area contributed by atoms with Crippen molar-refractivity contribution in [2.75, 3.05) is 19.1 Å². The number of ether oxygens (including phenoxy) is 1. The monoisotopic (exact) mass is 454 g/mol. The molecule has 0 saturated heterocycles. The van der Waals surface area contributed by atoms with Gasteiger partial charge in [-0.15, -0.1) is 4.83 Å². The highest BCUT2D eigenvalue weighted by molar-refractivity contribution is 7.87. The molecule has 2 aromatic carbocycles. The zero-order chi connectivity index (χ0) is 22.0. The standard InChI is InChI=1S/C15H14ClF3N4O5S/c1-20-29(26,27)21-22(2)13-8-10(4-5-12(13)23(24)25)28-14-6-3-9(7-11(14)16)15(17,18)19/h3-8,20-21H,1-2H3. The van der Waals surface area contributed by atoms with E-state index in [9.17, 15) is 31.7 Å². The van der Waals surface area contributed by atoms with E-state index in [1.165, 1.54) is 13.1 Å². The van der Waals surface area contributed by atoms with Crippen LogP contribution in [0.5, 0.6) is 11.5 Å². The van der Waals surface area contributed by atoms with Crippen LogP contribution in [0.1, 0.15) is 5.56 Å². The zero-order valence-electron chi connectivity index (χ0n) is 14.8. The van der Waals surface area contributed by atoms with Gasteiger partial charge in [-0.05, 0) is 24.3 Å². The second-order valence-electron chi connectivity index (χ2n) is 5.51. The van der Waals surface area contributed by atoms with Crippen molar-refractivity contribution in [2.45, 2.75) is 6.18 Å². The summed E-state index contributed by atoms with van der Waals surface area (Å²) in [6, 6.07) is 5.81. The van der Waals surface area contributed by atoms with Crippen molar-refractivity contribution in [1.29, 1.82) is 0 Å². The van der Waals surface area contributed by atoms with Crippen molar-refractivity contribution in [3.05, 3.63) is 57.1 Å². The number of hydrogen-bond acceptors (Lipinski definition) is 6. The first-order chi connectivity index (χ1) is 13.3. The molecule has 0 bridgehead atoms. The Bertz CT molecular complexity index is 1030. The molecule has 0 heterocycles. The molecule has 29 heavy (non-hydrogen) atoms. The molecule has 0 aliphatic carbocycles. The highest BCUT2D eigenvalue weighted by atomic mass is 35.5. The Labute approximate surface area is 168 Å². The summed E-state index contributed by atoms with van der Waals surface area (Å²) in [5, 5.41) is 11.8. The number of nitrogens with one attached hydrogen (secondary N) is 2. The largest absolute Gasteiger partial charge is 0.456 e. The van der Waals surface area contributed by atoms with Gasteiger partial charge in [0.1, 0.15) is 17.2 Å². The van der Waals surface area contributed by atoms with E-state index >= 15 is 0 Å². The van der Waals surface area contributed by atoms with Crippen molar-refractivity contribution in [2.24, 2.45) is 0 Å². The molecule has 0 saturated carbocycles. The maximum atomic E-state index is 12.7. The third-order valence-corrected chi connectivity index (χ3v) is 4.86. The van der Waals surface area contributed by atoms with Crippen LogP contribution in [0.4, 0.5) is 24.5 Å². The SMILES string of the molecule is CNS(=O)(=O)NN(C)c1cc(Oc2ccc(C(F)(F)F)cc2Cl)ccc1[N+](=O)[O-]. The van der Waals surface area contributed by atoms with Crippen LogP contribution in [0.3, 0.4) is 0 Å². The fourth-order valence-corrected chi connectivity index (χ4v) is 2.92. The Morgan fingerprint density at radius 3 is 2.38 bits per heavy atom. The number of benzene rings is 2. The average Bonchev–Trinajstić information content (AvgIpc) is 2.62. The van der Waals surface area contributed by atoms with Crippen LogP contribution in [-0.2, 0) is 16.4 Å². The molecule has 0 aromatic heterocycles. The summed E-state index contributed by atoms with van der Waals surface area (Å²) in [4.78, 5) is 12.5. The third kappa shape index (κ3) is 5.69. The third-order valence-electron chi connectivity index (χ3n) is 3.52. The van der Waals surface area contributed by atoms with E-state index in [1.807, 2.05) is 9.55 Å². The number of rotatable bonds is 7. The van der Waals surface area contributed by atoms with Gasteiger partial charge in [-0.3, -0.25) is 15.1 Å². The minimum atomic E-state index is -4.59. The van der Waals surface area contributed by atoms with Crippen molar-refractivity contribution >= 4 is 33.2 Å². The maximum absolute atomic E-state index is 12.7. The number of nitro groups is 1. The number of nitrogens with zero attached hydrogens (tertiary/aromatic N) is 2. The Balaban J connectivity index is 2.39.